The molecule has 0 radical (unpaired) electrons. The summed E-state index contributed by atoms with van der Waals surface area (Å²) in [7, 11) is 0. The van der Waals surface area contributed by atoms with E-state index in [0.717, 1.165) is 27.6 Å². The van der Waals surface area contributed by atoms with Crippen LogP contribution in [0.2, 0.25) is 0 Å². The molecule has 1 heteroatoms. The highest BCUT2D eigenvalue weighted by Gasteiger charge is 2.34. The molecule has 0 spiro atoms. The Balaban J connectivity index is 1.22. The first kappa shape index (κ1) is 30.6. The maximum absolute atomic E-state index is 14.0. The lowest BCUT2D eigenvalue weighted by molar-refractivity contribution is 0.104. The average molecular weight is 731 g/mol. The second kappa shape index (κ2) is 10.8. The molecule has 2 aliphatic rings. The summed E-state index contributed by atoms with van der Waals surface area (Å²) in [6.45, 7) is 0. The van der Waals surface area contributed by atoms with Gasteiger partial charge in [0.1, 0.15) is 0 Å². The van der Waals surface area contributed by atoms with E-state index in [1.807, 2.05) is 18.2 Å². The Morgan fingerprint density at radius 1 is 0.207 bits per heavy atom. The van der Waals surface area contributed by atoms with Gasteiger partial charge in [0.2, 0.25) is 0 Å². The number of fused-ring (bicyclic) bond motifs is 13. The fourth-order valence-corrected chi connectivity index (χ4v) is 11.3. The van der Waals surface area contributed by atoms with Crippen molar-refractivity contribution in [1.29, 1.82) is 0 Å². The average Bonchev–Trinajstić information content (AvgIpc) is 3.63. The molecule has 58 heavy (non-hydrogen) atoms. The van der Waals surface area contributed by atoms with Crippen LogP contribution in [0.4, 0.5) is 0 Å². The first-order valence-corrected chi connectivity index (χ1v) is 20.2. The second-order valence-corrected chi connectivity index (χ2v) is 16.1. The number of hydrogen-bond acceptors (Lipinski definition) is 1. The third kappa shape index (κ3) is 3.61. The van der Waals surface area contributed by atoms with Gasteiger partial charge in [-0.25, -0.2) is 0 Å². The molecule has 0 aromatic heterocycles. The Labute approximate surface area is 333 Å². The third-order valence-corrected chi connectivity index (χ3v) is 13.5. The summed E-state index contributed by atoms with van der Waals surface area (Å²) in [5, 5.41) is 17.4. The number of ketones is 1. The molecule has 0 fully saturated rings. The SMILES string of the molecule is O=C1c2ccccc2-c2ccc3c4ccc5c6c(ccc(c7ccc1c2c73)c64)-c1c-5c(-c2ccccc2)c2c3ccccc3c3ccccc3c2c1-c1ccccc1. The Kier molecular flexibility index (Phi) is 5.71. The zero-order valence-corrected chi connectivity index (χ0v) is 31.2. The van der Waals surface area contributed by atoms with Crippen LogP contribution in [0.5, 0.6) is 0 Å². The van der Waals surface area contributed by atoms with Gasteiger partial charge in [0.15, 0.2) is 5.78 Å². The van der Waals surface area contributed by atoms with Crippen LogP contribution in [0.25, 0.3) is 131 Å². The fraction of sp³-hybridized carbons (Fsp3) is 0. The lowest BCUT2D eigenvalue weighted by atomic mass is 9.79. The number of hydrogen-bond donors (Lipinski definition) is 0. The van der Waals surface area contributed by atoms with E-state index in [0.29, 0.717) is 0 Å². The maximum atomic E-state index is 14.0. The summed E-state index contributed by atoms with van der Waals surface area (Å²) < 4.78 is 0. The number of carbonyl (C=O) groups excluding carboxylic acids is 1. The molecule has 12 aromatic rings. The van der Waals surface area contributed by atoms with Crippen LogP contribution in [-0.2, 0) is 0 Å². The van der Waals surface area contributed by atoms with E-state index in [9.17, 15) is 4.79 Å². The van der Waals surface area contributed by atoms with E-state index in [1.165, 1.54) is 115 Å². The molecule has 0 unspecified atom stereocenters. The molecule has 0 heterocycles. The Morgan fingerprint density at radius 3 is 1.07 bits per heavy atom. The molecular formula is C57H30O. The summed E-state index contributed by atoms with van der Waals surface area (Å²) in [5.74, 6) is 0.107. The van der Waals surface area contributed by atoms with Crippen LogP contribution in [-0.4, -0.2) is 5.78 Å². The molecule has 0 amide bonds. The summed E-state index contributed by atoms with van der Waals surface area (Å²) in [6, 6.07) is 66.6. The van der Waals surface area contributed by atoms with Crippen molar-refractivity contribution in [3.05, 3.63) is 193 Å². The van der Waals surface area contributed by atoms with E-state index in [4.69, 9.17) is 0 Å². The van der Waals surface area contributed by atoms with Gasteiger partial charge in [-0.2, -0.15) is 0 Å². The summed E-state index contributed by atoms with van der Waals surface area (Å²) in [4.78, 5) is 14.0. The lowest BCUT2D eigenvalue weighted by Gasteiger charge is -2.23. The largest absolute Gasteiger partial charge is 0.289 e. The Hall–Kier alpha value is -7.61. The standard InChI is InChI=1S/C57H30O/c58-57-43-22-12-9-19-35(43)38-23-24-39-40-25-28-44-52-45(29-26-41(50(40)52)42-27-30-46(57)51(38)49(39)42)56-48(32-15-5-2-6-16-32)54-37-21-11-8-18-34(37)33-17-7-10-20-36(33)53(54)47(55(44)56)31-13-3-1-4-14-31/h1-30H. The molecule has 0 atom stereocenters. The first-order valence-electron chi connectivity index (χ1n) is 20.2. The number of rotatable bonds is 2. The maximum Gasteiger partial charge on any atom is 0.194 e. The molecule has 0 bridgehead atoms. The van der Waals surface area contributed by atoms with Crippen molar-refractivity contribution in [3.63, 3.8) is 0 Å². The number of carbonyl (C=O) groups is 1. The monoisotopic (exact) mass is 730 g/mol. The van der Waals surface area contributed by atoms with Crippen LogP contribution >= 0.6 is 0 Å². The van der Waals surface area contributed by atoms with E-state index in [-0.39, 0.29) is 5.78 Å². The van der Waals surface area contributed by atoms with Crippen molar-refractivity contribution in [3.8, 4) is 55.6 Å². The highest BCUT2D eigenvalue weighted by molar-refractivity contribution is 6.43. The quantitative estimate of drug-likeness (QED) is 0.128. The van der Waals surface area contributed by atoms with Crippen LogP contribution in [0.15, 0.2) is 182 Å². The minimum absolute atomic E-state index is 0.107. The van der Waals surface area contributed by atoms with Gasteiger partial charge < -0.3 is 0 Å². The molecule has 0 saturated carbocycles. The van der Waals surface area contributed by atoms with E-state index >= 15 is 0 Å². The Bertz CT molecular complexity index is 3660. The van der Waals surface area contributed by atoms with Gasteiger partial charge in [-0.15, -0.1) is 0 Å². The van der Waals surface area contributed by atoms with Gasteiger partial charge in [-0.05, 0) is 132 Å². The van der Waals surface area contributed by atoms with Gasteiger partial charge in [-0.1, -0.05) is 176 Å². The molecule has 14 rings (SSSR count). The van der Waals surface area contributed by atoms with Crippen LogP contribution in [0.1, 0.15) is 15.9 Å². The third-order valence-electron chi connectivity index (χ3n) is 13.5. The number of benzene rings is 12. The second-order valence-electron chi connectivity index (χ2n) is 16.1. The smallest absolute Gasteiger partial charge is 0.194 e. The lowest BCUT2D eigenvalue weighted by Crippen LogP contribution is -2.10. The minimum Gasteiger partial charge on any atom is -0.289 e. The molecule has 12 aromatic carbocycles. The fourth-order valence-electron chi connectivity index (χ4n) is 11.3. The van der Waals surface area contributed by atoms with E-state index in [2.05, 4.69) is 164 Å². The summed E-state index contributed by atoms with van der Waals surface area (Å²) >= 11 is 0. The van der Waals surface area contributed by atoms with Crippen LogP contribution in [0.3, 0.4) is 0 Å². The normalized spacial score (nSPS) is 12.9. The first-order chi connectivity index (χ1) is 28.8. The predicted octanol–water partition coefficient (Wildman–Crippen LogP) is 15.4. The van der Waals surface area contributed by atoms with Gasteiger partial charge in [0.05, 0.1) is 0 Å². The van der Waals surface area contributed by atoms with Gasteiger partial charge in [0, 0.05) is 16.5 Å². The van der Waals surface area contributed by atoms with Crippen molar-refractivity contribution in [2.75, 3.05) is 0 Å². The molecule has 1 nitrogen and oxygen atoms in total. The molecule has 264 valence electrons. The highest BCUT2D eigenvalue weighted by atomic mass is 16.1. The van der Waals surface area contributed by atoms with Crippen LogP contribution < -0.4 is 0 Å². The minimum atomic E-state index is 0.107. The zero-order valence-electron chi connectivity index (χ0n) is 31.2. The van der Waals surface area contributed by atoms with E-state index < -0.39 is 0 Å². The predicted molar refractivity (Wildman–Crippen MR) is 244 cm³/mol. The Morgan fingerprint density at radius 2 is 0.569 bits per heavy atom. The van der Waals surface area contributed by atoms with Crippen molar-refractivity contribution in [2.45, 2.75) is 0 Å². The van der Waals surface area contributed by atoms with Gasteiger partial charge >= 0.3 is 0 Å². The van der Waals surface area contributed by atoms with Crippen molar-refractivity contribution in [2.24, 2.45) is 0 Å². The van der Waals surface area contributed by atoms with E-state index in [1.54, 1.807) is 0 Å². The zero-order chi connectivity index (χ0) is 37.8. The van der Waals surface area contributed by atoms with Gasteiger partial charge in [-0.3, -0.25) is 4.79 Å². The molecular weight excluding hydrogens is 701 g/mol. The molecule has 0 aliphatic heterocycles. The topological polar surface area (TPSA) is 17.1 Å². The highest BCUT2D eigenvalue weighted by Crippen LogP contribution is 2.61. The van der Waals surface area contributed by atoms with Gasteiger partial charge in [0.25, 0.3) is 0 Å². The van der Waals surface area contributed by atoms with Crippen molar-refractivity contribution < 1.29 is 4.79 Å². The molecule has 0 N–H and O–H groups in total. The molecule has 0 saturated heterocycles. The van der Waals surface area contributed by atoms with Crippen molar-refractivity contribution >= 4 is 81.2 Å². The summed E-state index contributed by atoms with van der Waals surface area (Å²) in [6.07, 6.45) is 0. The van der Waals surface area contributed by atoms with Crippen LogP contribution in [0, 0.1) is 0 Å². The molecule has 2 aliphatic carbocycles. The summed E-state index contributed by atoms with van der Waals surface area (Å²) in [5.41, 5.74) is 13.9. The van der Waals surface area contributed by atoms with Crippen molar-refractivity contribution in [1.82, 2.24) is 0 Å².